The van der Waals surface area contributed by atoms with Gasteiger partial charge in [-0.05, 0) is 6.07 Å². The lowest BCUT2D eigenvalue weighted by atomic mass is 10.7. The number of halogens is 2. The third-order valence-corrected chi connectivity index (χ3v) is 0.949. The summed E-state index contributed by atoms with van der Waals surface area (Å²) < 4.78 is 23.8. The Morgan fingerprint density at radius 3 is 2.70 bits per heavy atom. The summed E-state index contributed by atoms with van der Waals surface area (Å²) in [6.07, 6.45) is 2.15. The van der Waals surface area contributed by atoms with E-state index < -0.39 is 12.2 Å². The predicted molar refractivity (Wildman–Crippen MR) is 29.7 cm³/mol. The van der Waals surface area contributed by atoms with Crippen LogP contribution in [0.25, 0.3) is 0 Å². The van der Waals surface area contributed by atoms with Gasteiger partial charge >= 0.3 is 12.2 Å². The first kappa shape index (κ1) is 6.85. The molecule has 5 heteroatoms. The van der Waals surface area contributed by atoms with E-state index in [1.54, 1.807) is 0 Å². The molecule has 0 N–H and O–H groups in total. The van der Waals surface area contributed by atoms with Crippen molar-refractivity contribution in [1.29, 1.82) is 0 Å². The van der Waals surface area contributed by atoms with Gasteiger partial charge in [0.25, 0.3) is 0 Å². The summed E-state index contributed by atoms with van der Waals surface area (Å²) in [4.78, 5) is 13.6. The topological polar surface area (TPSA) is 34.9 Å². The van der Waals surface area contributed by atoms with Gasteiger partial charge in [0.1, 0.15) is 0 Å². The maximum Gasteiger partial charge on any atom is 0.351 e. The zero-order valence-electron chi connectivity index (χ0n) is 4.87. The van der Waals surface area contributed by atoms with Crippen LogP contribution in [0.5, 0.6) is 0 Å². The summed E-state index contributed by atoms with van der Waals surface area (Å²) in [6, 6.07) is 1.27. The van der Waals surface area contributed by atoms with E-state index >= 15 is 0 Å². The molecule has 1 aromatic rings. The zero-order chi connectivity index (χ0) is 7.56. The van der Waals surface area contributed by atoms with Crippen molar-refractivity contribution in [2.45, 2.75) is 6.55 Å². The van der Waals surface area contributed by atoms with Crippen molar-refractivity contribution in [2.24, 2.45) is 0 Å². The smallest absolute Gasteiger partial charge is 0.245 e. The normalized spacial score (nSPS) is 10.3. The molecule has 0 aromatic carbocycles. The van der Waals surface area contributed by atoms with Crippen LogP contribution in [0.4, 0.5) is 8.78 Å². The number of hydrogen-bond donors (Lipinski definition) is 0. The lowest BCUT2D eigenvalue weighted by Gasteiger charge is -1.98. The molecule has 54 valence electrons. The van der Waals surface area contributed by atoms with E-state index in [2.05, 4.69) is 4.98 Å². The Balaban J connectivity index is 3.16. The van der Waals surface area contributed by atoms with Crippen LogP contribution in [0.2, 0.25) is 0 Å². The van der Waals surface area contributed by atoms with Crippen LogP contribution in [0.15, 0.2) is 23.3 Å². The van der Waals surface area contributed by atoms with Gasteiger partial charge in [-0.15, -0.1) is 0 Å². The minimum atomic E-state index is -2.80. The van der Waals surface area contributed by atoms with E-state index in [-0.39, 0.29) is 4.57 Å². The third kappa shape index (κ3) is 1.18. The minimum Gasteiger partial charge on any atom is -0.245 e. The minimum absolute atomic E-state index is 0.250. The van der Waals surface area contributed by atoms with Crippen LogP contribution < -0.4 is 5.69 Å². The molecule has 0 unspecified atom stereocenters. The first-order valence-corrected chi connectivity index (χ1v) is 2.53. The van der Waals surface area contributed by atoms with Crippen LogP contribution in [0.1, 0.15) is 6.55 Å². The summed E-state index contributed by atoms with van der Waals surface area (Å²) in [7, 11) is 0. The molecule has 0 atom stereocenters. The van der Waals surface area contributed by atoms with Gasteiger partial charge in [0.2, 0.25) is 0 Å². The van der Waals surface area contributed by atoms with Gasteiger partial charge in [0.05, 0.1) is 0 Å². The highest BCUT2D eigenvalue weighted by molar-refractivity contribution is 4.80. The Morgan fingerprint density at radius 2 is 2.30 bits per heavy atom. The number of nitrogens with zero attached hydrogens (tertiary/aromatic N) is 2. The highest BCUT2D eigenvalue weighted by Crippen LogP contribution is 2.03. The largest absolute Gasteiger partial charge is 0.351 e. The van der Waals surface area contributed by atoms with Crippen LogP contribution in [-0.4, -0.2) is 9.55 Å². The summed E-state index contributed by atoms with van der Waals surface area (Å²) >= 11 is 0. The molecule has 0 spiro atoms. The van der Waals surface area contributed by atoms with E-state index in [1.807, 2.05) is 0 Å². The Bertz CT molecular complexity index is 270. The number of hydrogen-bond acceptors (Lipinski definition) is 2. The molecule has 0 aliphatic rings. The molecule has 10 heavy (non-hydrogen) atoms. The van der Waals surface area contributed by atoms with Gasteiger partial charge in [0, 0.05) is 12.4 Å². The first-order valence-electron chi connectivity index (χ1n) is 2.53. The molecule has 0 aliphatic carbocycles. The summed E-state index contributed by atoms with van der Waals surface area (Å²) in [5.74, 6) is 0. The molecule has 0 amide bonds. The molecule has 0 radical (unpaired) electrons. The van der Waals surface area contributed by atoms with Crippen molar-refractivity contribution in [3.63, 3.8) is 0 Å². The molecule has 3 nitrogen and oxygen atoms in total. The lowest BCUT2D eigenvalue weighted by Crippen LogP contribution is -2.21. The average molecular weight is 146 g/mol. The van der Waals surface area contributed by atoms with Crippen molar-refractivity contribution >= 4 is 0 Å². The van der Waals surface area contributed by atoms with Gasteiger partial charge in [-0.3, -0.25) is 0 Å². The highest BCUT2D eigenvalue weighted by atomic mass is 19.3. The second kappa shape index (κ2) is 2.55. The standard InChI is InChI=1S/C5H4F2N2O/c6-4(7)9-3-1-2-8-5(9)10/h1-4H. The zero-order valence-corrected chi connectivity index (χ0v) is 4.87. The molecular weight excluding hydrogens is 142 g/mol. The lowest BCUT2D eigenvalue weighted by molar-refractivity contribution is 0.0648. The van der Waals surface area contributed by atoms with Crippen LogP contribution >= 0.6 is 0 Å². The third-order valence-electron chi connectivity index (χ3n) is 0.949. The molecule has 1 heterocycles. The van der Waals surface area contributed by atoms with Crippen LogP contribution in [0, 0.1) is 0 Å². The first-order chi connectivity index (χ1) is 4.72. The Hall–Kier alpha value is -1.26. The van der Waals surface area contributed by atoms with Crippen molar-refractivity contribution in [3.05, 3.63) is 28.9 Å². The monoisotopic (exact) mass is 146 g/mol. The fraction of sp³-hybridized carbons (Fsp3) is 0.200. The number of aromatic nitrogens is 2. The molecule has 0 saturated heterocycles. The summed E-state index contributed by atoms with van der Waals surface area (Å²) in [5, 5.41) is 0. The average Bonchev–Trinajstić information content (AvgIpc) is 1.88. The van der Waals surface area contributed by atoms with Crippen LogP contribution in [-0.2, 0) is 0 Å². The molecule has 0 saturated carbocycles. The van der Waals surface area contributed by atoms with Crippen molar-refractivity contribution < 1.29 is 8.78 Å². The Labute approximate surface area is 54.9 Å². The van der Waals surface area contributed by atoms with Crippen molar-refractivity contribution in [3.8, 4) is 0 Å². The molecule has 0 bridgehead atoms. The van der Waals surface area contributed by atoms with Crippen LogP contribution in [0.3, 0.4) is 0 Å². The van der Waals surface area contributed by atoms with E-state index in [9.17, 15) is 13.6 Å². The number of alkyl halides is 2. The molecule has 1 aromatic heterocycles. The highest BCUT2D eigenvalue weighted by Gasteiger charge is 2.05. The molecule has 1 rings (SSSR count). The Kier molecular flexibility index (Phi) is 1.75. The van der Waals surface area contributed by atoms with E-state index in [0.29, 0.717) is 0 Å². The maximum atomic E-state index is 11.8. The molecule has 0 fully saturated rings. The quantitative estimate of drug-likeness (QED) is 0.582. The van der Waals surface area contributed by atoms with E-state index in [4.69, 9.17) is 0 Å². The van der Waals surface area contributed by atoms with Gasteiger partial charge in [-0.25, -0.2) is 14.3 Å². The van der Waals surface area contributed by atoms with Gasteiger partial charge in [-0.1, -0.05) is 0 Å². The summed E-state index contributed by atoms with van der Waals surface area (Å²) in [5.41, 5.74) is -0.933. The fourth-order valence-electron chi connectivity index (χ4n) is 0.517. The summed E-state index contributed by atoms with van der Waals surface area (Å²) in [6.45, 7) is -2.80. The Morgan fingerprint density at radius 1 is 1.60 bits per heavy atom. The van der Waals surface area contributed by atoms with Crippen molar-refractivity contribution in [1.82, 2.24) is 9.55 Å². The number of rotatable bonds is 1. The van der Waals surface area contributed by atoms with Gasteiger partial charge < -0.3 is 0 Å². The van der Waals surface area contributed by atoms with E-state index in [1.165, 1.54) is 12.3 Å². The fourth-order valence-corrected chi connectivity index (χ4v) is 0.517. The van der Waals surface area contributed by atoms with Gasteiger partial charge in [0.15, 0.2) is 0 Å². The SMILES string of the molecule is O=c1ncccn1C(F)F. The van der Waals surface area contributed by atoms with Gasteiger partial charge in [-0.2, -0.15) is 8.78 Å². The maximum absolute atomic E-state index is 11.8. The molecular formula is C5H4F2N2O. The van der Waals surface area contributed by atoms with Crippen molar-refractivity contribution in [2.75, 3.05) is 0 Å². The second-order valence-corrected chi connectivity index (χ2v) is 1.59. The predicted octanol–water partition coefficient (Wildman–Crippen LogP) is 0.638. The van der Waals surface area contributed by atoms with E-state index in [0.717, 1.165) is 6.20 Å². The molecule has 0 aliphatic heterocycles. The second-order valence-electron chi connectivity index (χ2n) is 1.59.